The Labute approximate surface area is 98.6 Å². The Morgan fingerprint density at radius 1 is 1.19 bits per heavy atom. The van der Waals surface area contributed by atoms with Crippen molar-refractivity contribution in [1.29, 1.82) is 0 Å². The van der Waals surface area contributed by atoms with Crippen molar-refractivity contribution >= 4 is 5.91 Å². The summed E-state index contributed by atoms with van der Waals surface area (Å²) in [7, 11) is 2.00. The summed E-state index contributed by atoms with van der Waals surface area (Å²) in [5.41, 5.74) is 0. The molecule has 0 spiro atoms. The van der Waals surface area contributed by atoms with E-state index in [1.165, 1.54) is 38.5 Å². The SMILES string of the molecule is CN(C(=O)CC1CCNCC1)C1CCCC1. The van der Waals surface area contributed by atoms with Crippen molar-refractivity contribution in [2.75, 3.05) is 20.1 Å². The van der Waals surface area contributed by atoms with Gasteiger partial charge in [0.1, 0.15) is 0 Å². The molecule has 16 heavy (non-hydrogen) atoms. The quantitative estimate of drug-likeness (QED) is 0.792. The van der Waals surface area contributed by atoms with E-state index in [1.807, 2.05) is 11.9 Å². The van der Waals surface area contributed by atoms with Crippen LogP contribution in [-0.2, 0) is 4.79 Å². The Bertz CT molecular complexity index is 230. The maximum atomic E-state index is 12.1. The number of carbonyl (C=O) groups excluding carboxylic acids is 1. The molecule has 0 aromatic heterocycles. The lowest BCUT2D eigenvalue weighted by Gasteiger charge is -2.28. The molecule has 1 N–H and O–H groups in total. The summed E-state index contributed by atoms with van der Waals surface area (Å²) in [6.07, 6.45) is 8.15. The Balaban J connectivity index is 1.77. The lowest BCUT2D eigenvalue weighted by molar-refractivity contribution is -0.133. The van der Waals surface area contributed by atoms with Gasteiger partial charge in [0, 0.05) is 19.5 Å². The smallest absolute Gasteiger partial charge is 0.222 e. The van der Waals surface area contributed by atoms with Gasteiger partial charge in [-0.2, -0.15) is 0 Å². The zero-order chi connectivity index (χ0) is 11.4. The average molecular weight is 224 g/mol. The minimum atomic E-state index is 0.374. The summed E-state index contributed by atoms with van der Waals surface area (Å²) in [6, 6.07) is 0.536. The van der Waals surface area contributed by atoms with Crippen LogP contribution in [0.2, 0.25) is 0 Å². The molecule has 0 aromatic carbocycles. The molecule has 2 rings (SSSR count). The van der Waals surface area contributed by atoms with Crippen LogP contribution in [-0.4, -0.2) is 37.0 Å². The minimum absolute atomic E-state index is 0.374. The standard InChI is InChI=1S/C13H24N2O/c1-15(12-4-2-3-5-12)13(16)10-11-6-8-14-9-7-11/h11-12,14H,2-10H2,1H3. The highest BCUT2D eigenvalue weighted by Crippen LogP contribution is 2.24. The first-order valence-corrected chi connectivity index (χ1v) is 6.74. The highest BCUT2D eigenvalue weighted by Gasteiger charge is 2.25. The topological polar surface area (TPSA) is 32.3 Å². The van der Waals surface area contributed by atoms with Crippen molar-refractivity contribution in [2.24, 2.45) is 5.92 Å². The predicted molar refractivity (Wildman–Crippen MR) is 65.2 cm³/mol. The summed E-state index contributed by atoms with van der Waals surface area (Å²) < 4.78 is 0. The lowest BCUT2D eigenvalue weighted by Crippen LogP contribution is -2.37. The monoisotopic (exact) mass is 224 g/mol. The molecule has 1 amide bonds. The second-order valence-electron chi connectivity index (χ2n) is 5.34. The first kappa shape index (κ1) is 11.9. The molecule has 0 unspecified atom stereocenters. The van der Waals surface area contributed by atoms with Crippen LogP contribution in [0.15, 0.2) is 0 Å². The maximum absolute atomic E-state index is 12.1. The molecule has 1 aliphatic carbocycles. The van der Waals surface area contributed by atoms with Gasteiger partial charge in [-0.1, -0.05) is 12.8 Å². The first-order valence-electron chi connectivity index (χ1n) is 6.74. The van der Waals surface area contributed by atoms with E-state index in [1.54, 1.807) is 0 Å². The Hall–Kier alpha value is -0.570. The predicted octanol–water partition coefficient (Wildman–Crippen LogP) is 1.78. The third-order valence-electron chi connectivity index (χ3n) is 4.19. The van der Waals surface area contributed by atoms with Crippen LogP contribution in [0, 0.1) is 5.92 Å². The van der Waals surface area contributed by atoms with Crippen LogP contribution < -0.4 is 5.32 Å². The molecule has 0 radical (unpaired) electrons. The third kappa shape index (κ3) is 2.97. The summed E-state index contributed by atoms with van der Waals surface area (Å²) in [6.45, 7) is 2.18. The van der Waals surface area contributed by atoms with Crippen LogP contribution in [0.4, 0.5) is 0 Å². The second-order valence-corrected chi connectivity index (χ2v) is 5.34. The summed E-state index contributed by atoms with van der Waals surface area (Å²) in [5, 5.41) is 3.35. The van der Waals surface area contributed by atoms with Gasteiger partial charge in [0.25, 0.3) is 0 Å². The van der Waals surface area contributed by atoms with Crippen molar-refractivity contribution < 1.29 is 4.79 Å². The zero-order valence-electron chi connectivity index (χ0n) is 10.4. The molecule has 1 saturated carbocycles. The van der Waals surface area contributed by atoms with Crippen molar-refractivity contribution in [2.45, 2.75) is 51.0 Å². The van der Waals surface area contributed by atoms with Gasteiger partial charge < -0.3 is 10.2 Å². The number of hydrogen-bond donors (Lipinski definition) is 1. The van der Waals surface area contributed by atoms with Crippen molar-refractivity contribution in [3.05, 3.63) is 0 Å². The largest absolute Gasteiger partial charge is 0.343 e. The molecule has 2 fully saturated rings. The fraction of sp³-hybridized carbons (Fsp3) is 0.923. The fourth-order valence-electron chi connectivity index (χ4n) is 2.97. The normalized spacial score (nSPS) is 23.6. The molecule has 0 aromatic rings. The van der Waals surface area contributed by atoms with Crippen LogP contribution in [0.1, 0.15) is 44.9 Å². The van der Waals surface area contributed by atoms with Gasteiger partial charge in [-0.05, 0) is 44.7 Å². The minimum Gasteiger partial charge on any atom is -0.343 e. The number of hydrogen-bond acceptors (Lipinski definition) is 2. The zero-order valence-corrected chi connectivity index (χ0v) is 10.4. The number of nitrogens with zero attached hydrogens (tertiary/aromatic N) is 1. The average Bonchev–Trinajstić information content (AvgIpc) is 2.83. The maximum Gasteiger partial charge on any atom is 0.222 e. The van der Waals surface area contributed by atoms with Gasteiger partial charge in [-0.15, -0.1) is 0 Å². The number of carbonyl (C=O) groups is 1. The van der Waals surface area contributed by atoms with Crippen LogP contribution in [0.5, 0.6) is 0 Å². The van der Waals surface area contributed by atoms with Gasteiger partial charge >= 0.3 is 0 Å². The van der Waals surface area contributed by atoms with Crippen molar-refractivity contribution in [1.82, 2.24) is 10.2 Å². The molecular weight excluding hydrogens is 200 g/mol. The molecule has 1 saturated heterocycles. The summed E-state index contributed by atoms with van der Waals surface area (Å²) in [4.78, 5) is 14.1. The molecule has 3 nitrogen and oxygen atoms in total. The number of nitrogens with one attached hydrogen (secondary N) is 1. The van der Waals surface area contributed by atoms with Gasteiger partial charge in [-0.25, -0.2) is 0 Å². The Morgan fingerprint density at radius 2 is 1.81 bits per heavy atom. The van der Waals surface area contributed by atoms with Crippen LogP contribution in [0.25, 0.3) is 0 Å². The molecule has 2 aliphatic rings. The van der Waals surface area contributed by atoms with E-state index in [2.05, 4.69) is 5.32 Å². The molecular formula is C13H24N2O. The number of rotatable bonds is 3. The first-order chi connectivity index (χ1) is 7.77. The molecule has 0 atom stereocenters. The molecule has 1 heterocycles. The number of amides is 1. The van der Waals surface area contributed by atoms with Gasteiger partial charge in [0.05, 0.1) is 0 Å². The molecule has 3 heteroatoms. The Morgan fingerprint density at radius 3 is 2.44 bits per heavy atom. The van der Waals surface area contributed by atoms with E-state index >= 15 is 0 Å². The van der Waals surface area contributed by atoms with Crippen LogP contribution >= 0.6 is 0 Å². The molecule has 0 bridgehead atoms. The third-order valence-corrected chi connectivity index (χ3v) is 4.19. The highest BCUT2D eigenvalue weighted by atomic mass is 16.2. The molecule has 1 aliphatic heterocycles. The Kier molecular flexibility index (Phi) is 4.22. The lowest BCUT2D eigenvalue weighted by atomic mass is 9.94. The summed E-state index contributed by atoms with van der Waals surface area (Å²) in [5.74, 6) is 0.997. The molecule has 92 valence electrons. The number of piperidine rings is 1. The van der Waals surface area contributed by atoms with E-state index in [4.69, 9.17) is 0 Å². The van der Waals surface area contributed by atoms with E-state index < -0.39 is 0 Å². The van der Waals surface area contributed by atoms with Gasteiger partial charge in [0.2, 0.25) is 5.91 Å². The van der Waals surface area contributed by atoms with Crippen molar-refractivity contribution in [3.8, 4) is 0 Å². The summed E-state index contributed by atoms with van der Waals surface area (Å²) >= 11 is 0. The van der Waals surface area contributed by atoms with E-state index in [0.717, 1.165) is 19.5 Å². The second kappa shape index (κ2) is 5.67. The van der Waals surface area contributed by atoms with Gasteiger partial charge in [-0.3, -0.25) is 4.79 Å². The van der Waals surface area contributed by atoms with E-state index in [0.29, 0.717) is 17.9 Å². The van der Waals surface area contributed by atoms with E-state index in [9.17, 15) is 4.79 Å². The van der Waals surface area contributed by atoms with E-state index in [-0.39, 0.29) is 0 Å². The van der Waals surface area contributed by atoms with Crippen molar-refractivity contribution in [3.63, 3.8) is 0 Å². The van der Waals surface area contributed by atoms with Crippen LogP contribution in [0.3, 0.4) is 0 Å². The van der Waals surface area contributed by atoms with Gasteiger partial charge in [0.15, 0.2) is 0 Å². The fourth-order valence-corrected chi connectivity index (χ4v) is 2.97. The highest BCUT2D eigenvalue weighted by molar-refractivity contribution is 5.76.